The Hall–Kier alpha value is -2.97. The number of aromatic nitrogens is 4. The summed E-state index contributed by atoms with van der Waals surface area (Å²) >= 11 is 6.85. The number of halogens is 2. The maximum Gasteiger partial charge on any atom is 0.319 e. The molecule has 1 aliphatic heterocycles. The summed E-state index contributed by atoms with van der Waals surface area (Å²) in [7, 11) is 4.04. The third-order valence-corrected chi connectivity index (χ3v) is 7.59. The molecule has 1 saturated heterocycles. The molecule has 5 rings (SSSR count). The minimum absolute atomic E-state index is 0.190. The van der Waals surface area contributed by atoms with Crippen LogP contribution in [0.4, 0.5) is 10.2 Å². The summed E-state index contributed by atoms with van der Waals surface area (Å²) in [6.07, 6.45) is 4.74. The lowest BCUT2D eigenvalue weighted by Crippen LogP contribution is -2.41. The van der Waals surface area contributed by atoms with Crippen molar-refractivity contribution in [2.45, 2.75) is 46.1 Å². The highest BCUT2D eigenvalue weighted by Gasteiger charge is 2.29. The van der Waals surface area contributed by atoms with E-state index in [0.717, 1.165) is 48.8 Å². The van der Waals surface area contributed by atoms with E-state index in [1.807, 2.05) is 33.2 Å². The largest absolute Gasteiger partial charge is 0.463 e. The van der Waals surface area contributed by atoms with Crippen molar-refractivity contribution in [1.82, 2.24) is 25.1 Å². The second-order valence-electron chi connectivity index (χ2n) is 10.6. The summed E-state index contributed by atoms with van der Waals surface area (Å²) in [5.41, 5.74) is 2.85. The molecule has 4 aromatic rings. The Morgan fingerprint density at radius 2 is 2.00 bits per heavy atom. The molecule has 2 aromatic carbocycles. The van der Waals surface area contributed by atoms with Gasteiger partial charge in [0.25, 0.3) is 0 Å². The van der Waals surface area contributed by atoms with Crippen molar-refractivity contribution >= 4 is 39.2 Å². The summed E-state index contributed by atoms with van der Waals surface area (Å²) in [4.78, 5) is 13.7. The van der Waals surface area contributed by atoms with Gasteiger partial charge in [-0.2, -0.15) is 15.1 Å². The first kappa shape index (κ1) is 25.7. The van der Waals surface area contributed by atoms with Crippen LogP contribution in [0, 0.1) is 18.7 Å². The number of benzene rings is 2. The number of aryl methyl sites for hydroxylation is 1. The summed E-state index contributed by atoms with van der Waals surface area (Å²) in [6, 6.07) is 6.17. The SMILES string of the molecule is Cc1ccc2cn[nH]c2c1-c1c(Cl)cc2c(N3C[C@@H](C)CC[C@@H]3C)nc(OCCCN(C)C)nc2c1F. The summed E-state index contributed by atoms with van der Waals surface area (Å²) in [5, 5.41) is 8.98. The molecular formula is C28H34ClFN6O. The fraction of sp³-hybridized carbons (Fsp3) is 0.464. The van der Waals surface area contributed by atoms with E-state index in [1.165, 1.54) is 0 Å². The van der Waals surface area contributed by atoms with E-state index in [1.54, 1.807) is 12.3 Å². The van der Waals surface area contributed by atoms with Crippen LogP contribution in [-0.4, -0.2) is 64.9 Å². The molecule has 2 aromatic heterocycles. The third-order valence-electron chi connectivity index (χ3n) is 7.29. The maximum atomic E-state index is 16.5. The summed E-state index contributed by atoms with van der Waals surface area (Å²) in [6.45, 7) is 8.52. The van der Waals surface area contributed by atoms with Crippen LogP contribution in [0.15, 0.2) is 24.4 Å². The van der Waals surface area contributed by atoms with Crippen molar-refractivity contribution in [2.24, 2.45) is 5.92 Å². The zero-order chi connectivity index (χ0) is 26.3. The van der Waals surface area contributed by atoms with Crippen LogP contribution in [0.25, 0.3) is 32.9 Å². The van der Waals surface area contributed by atoms with Gasteiger partial charge in [-0.1, -0.05) is 30.7 Å². The van der Waals surface area contributed by atoms with Crippen LogP contribution in [0.1, 0.15) is 38.7 Å². The lowest BCUT2D eigenvalue weighted by atomic mass is 9.94. The first-order valence-corrected chi connectivity index (χ1v) is 13.3. The molecule has 0 spiro atoms. The minimum Gasteiger partial charge on any atom is -0.463 e. The van der Waals surface area contributed by atoms with Gasteiger partial charge >= 0.3 is 6.01 Å². The van der Waals surface area contributed by atoms with Crippen molar-refractivity contribution in [3.8, 4) is 17.1 Å². The molecule has 9 heteroatoms. The Bertz CT molecular complexity index is 1440. The first-order chi connectivity index (χ1) is 17.7. The molecular weight excluding hydrogens is 491 g/mol. The fourth-order valence-electron chi connectivity index (χ4n) is 5.24. The zero-order valence-electron chi connectivity index (χ0n) is 22.1. The Morgan fingerprint density at radius 3 is 2.78 bits per heavy atom. The molecule has 3 heterocycles. The normalized spacial score (nSPS) is 18.3. The number of hydrogen-bond donors (Lipinski definition) is 1. The highest BCUT2D eigenvalue weighted by molar-refractivity contribution is 6.35. The summed E-state index contributed by atoms with van der Waals surface area (Å²) < 4.78 is 22.5. The average molecular weight is 525 g/mol. The van der Waals surface area contributed by atoms with Crippen LogP contribution in [0.5, 0.6) is 6.01 Å². The Kier molecular flexibility index (Phi) is 7.23. The third kappa shape index (κ3) is 4.97. The van der Waals surface area contributed by atoms with E-state index >= 15 is 4.39 Å². The number of piperidine rings is 1. The molecule has 1 aliphatic rings. The number of H-pyrrole nitrogens is 1. The minimum atomic E-state index is -0.479. The molecule has 196 valence electrons. The van der Waals surface area contributed by atoms with Gasteiger partial charge in [0.2, 0.25) is 0 Å². The van der Waals surface area contributed by atoms with Crippen LogP contribution >= 0.6 is 11.6 Å². The molecule has 1 fully saturated rings. The quantitative estimate of drug-likeness (QED) is 0.289. The lowest BCUT2D eigenvalue weighted by molar-refractivity contribution is 0.264. The number of ether oxygens (including phenoxy) is 1. The smallest absolute Gasteiger partial charge is 0.319 e. The molecule has 37 heavy (non-hydrogen) atoms. The molecule has 1 N–H and O–H groups in total. The molecule has 2 atom stereocenters. The van der Waals surface area contributed by atoms with Crippen molar-refractivity contribution in [3.63, 3.8) is 0 Å². The van der Waals surface area contributed by atoms with E-state index in [9.17, 15) is 0 Å². The highest BCUT2D eigenvalue weighted by Crippen LogP contribution is 2.42. The number of rotatable bonds is 7. The van der Waals surface area contributed by atoms with Gasteiger partial charge in [-0.3, -0.25) is 5.10 Å². The highest BCUT2D eigenvalue weighted by atomic mass is 35.5. The second-order valence-corrected chi connectivity index (χ2v) is 11.0. The number of nitrogens with one attached hydrogen (secondary N) is 1. The monoisotopic (exact) mass is 524 g/mol. The van der Waals surface area contributed by atoms with E-state index < -0.39 is 5.82 Å². The number of fused-ring (bicyclic) bond motifs is 2. The van der Waals surface area contributed by atoms with Crippen molar-refractivity contribution in [3.05, 3.63) is 40.8 Å². The van der Waals surface area contributed by atoms with Crippen molar-refractivity contribution in [1.29, 1.82) is 0 Å². The Morgan fingerprint density at radius 1 is 1.19 bits per heavy atom. The van der Waals surface area contributed by atoms with Crippen molar-refractivity contribution < 1.29 is 9.13 Å². The van der Waals surface area contributed by atoms with Gasteiger partial charge in [-0.25, -0.2) is 4.39 Å². The molecule has 0 unspecified atom stereocenters. The number of aromatic amines is 1. The van der Waals surface area contributed by atoms with E-state index in [2.05, 4.69) is 38.8 Å². The Labute approximate surface area is 222 Å². The van der Waals surface area contributed by atoms with Gasteiger partial charge in [0, 0.05) is 41.0 Å². The molecule has 0 amide bonds. The predicted octanol–water partition coefficient (Wildman–Crippen LogP) is 6.23. The van der Waals surface area contributed by atoms with Gasteiger partial charge in [0.05, 0.1) is 23.3 Å². The predicted molar refractivity (Wildman–Crippen MR) is 148 cm³/mol. The summed E-state index contributed by atoms with van der Waals surface area (Å²) in [5.74, 6) is 0.702. The van der Waals surface area contributed by atoms with Gasteiger partial charge < -0.3 is 14.5 Å². The lowest BCUT2D eigenvalue weighted by Gasteiger charge is -2.38. The second kappa shape index (κ2) is 10.4. The molecule has 0 bridgehead atoms. The number of nitrogens with zero attached hydrogens (tertiary/aromatic N) is 5. The van der Waals surface area contributed by atoms with Gasteiger partial charge in [0.1, 0.15) is 11.3 Å². The van der Waals surface area contributed by atoms with E-state index in [-0.39, 0.29) is 17.6 Å². The van der Waals surface area contributed by atoms with Crippen LogP contribution in [0.3, 0.4) is 0 Å². The van der Waals surface area contributed by atoms with Crippen LogP contribution in [-0.2, 0) is 0 Å². The van der Waals surface area contributed by atoms with Crippen molar-refractivity contribution in [2.75, 3.05) is 38.7 Å². The Balaban J connectivity index is 1.69. The van der Waals surface area contributed by atoms with Gasteiger partial charge in [0.15, 0.2) is 5.82 Å². The fourth-order valence-corrected chi connectivity index (χ4v) is 5.53. The molecule has 0 aliphatic carbocycles. The van der Waals surface area contributed by atoms with Gasteiger partial charge in [-0.05, 0) is 64.8 Å². The van der Waals surface area contributed by atoms with Crippen LogP contribution in [0.2, 0.25) is 5.02 Å². The maximum absolute atomic E-state index is 16.5. The molecule has 0 radical (unpaired) electrons. The van der Waals surface area contributed by atoms with E-state index in [0.29, 0.717) is 39.9 Å². The van der Waals surface area contributed by atoms with Crippen LogP contribution < -0.4 is 9.64 Å². The van der Waals surface area contributed by atoms with E-state index in [4.69, 9.17) is 21.3 Å². The number of hydrogen-bond acceptors (Lipinski definition) is 6. The molecule has 0 saturated carbocycles. The number of anilines is 1. The topological polar surface area (TPSA) is 70.2 Å². The first-order valence-electron chi connectivity index (χ1n) is 12.9. The average Bonchev–Trinajstić information content (AvgIpc) is 3.33. The van der Waals surface area contributed by atoms with Gasteiger partial charge in [-0.15, -0.1) is 0 Å². The standard InChI is InChI=1S/C28H34ClFN6O/c1-16-7-9-18(3)36(15-16)27-20-13-21(29)23(22-17(2)8-10-19-14-31-34-25(19)22)24(30)26(20)32-28(33-27)37-12-6-11-35(4)5/h8,10,13-14,16,18H,6-7,9,11-12,15H2,1-5H3,(H,31,34)/t16-,18-/m0/s1. The zero-order valence-corrected chi connectivity index (χ0v) is 22.9. The molecule has 7 nitrogen and oxygen atoms in total.